The van der Waals surface area contributed by atoms with E-state index in [0.29, 0.717) is 16.0 Å². The summed E-state index contributed by atoms with van der Waals surface area (Å²) in [4.78, 5) is 2.16. The normalized spacial score (nSPS) is 15.6. The summed E-state index contributed by atoms with van der Waals surface area (Å²) in [5.41, 5.74) is 2.90. The Bertz CT molecular complexity index is 1230. The molecule has 3 aromatic carbocycles. The molecule has 0 bridgehead atoms. The molecule has 0 spiro atoms. The molecule has 1 saturated carbocycles. The van der Waals surface area contributed by atoms with Crippen LogP contribution in [0.1, 0.15) is 49.1 Å². The molecule has 1 heterocycles. The lowest BCUT2D eigenvalue weighted by atomic mass is 9.83. The Balaban J connectivity index is 1.66. The van der Waals surface area contributed by atoms with Crippen LogP contribution in [0.3, 0.4) is 0 Å². The van der Waals surface area contributed by atoms with Crippen LogP contribution in [0, 0.1) is 0 Å². The van der Waals surface area contributed by atoms with E-state index in [1.54, 1.807) is 6.07 Å². The summed E-state index contributed by atoms with van der Waals surface area (Å²) in [7, 11) is 2.03. The number of hydrogen-bond donors (Lipinski definition) is 0. The number of nitrogens with zero attached hydrogens (tertiary/aromatic N) is 1. The minimum atomic E-state index is -4.36. The fraction of sp³-hybridized carbons (Fsp3) is 0.308. The minimum Gasteiger partial charge on any atom is -0.343 e. The van der Waals surface area contributed by atoms with Gasteiger partial charge in [-0.3, -0.25) is 0 Å². The van der Waals surface area contributed by atoms with Gasteiger partial charge in [-0.25, -0.2) is 0 Å². The van der Waals surface area contributed by atoms with E-state index in [1.807, 2.05) is 31.3 Å². The van der Waals surface area contributed by atoms with Crippen molar-refractivity contribution in [3.8, 4) is 0 Å². The third-order valence-electron chi connectivity index (χ3n) is 6.51. The highest BCUT2D eigenvalue weighted by Gasteiger charge is 2.33. The van der Waals surface area contributed by atoms with Crippen LogP contribution in [0.25, 0.3) is 20.2 Å². The molecule has 1 aliphatic carbocycles. The Morgan fingerprint density at radius 2 is 1.42 bits per heavy atom. The largest absolute Gasteiger partial charge is 0.417 e. The van der Waals surface area contributed by atoms with Gasteiger partial charge < -0.3 is 4.90 Å². The zero-order valence-electron chi connectivity index (χ0n) is 17.4. The molecule has 5 rings (SSSR count). The maximum Gasteiger partial charge on any atom is 0.417 e. The lowest BCUT2D eigenvalue weighted by molar-refractivity contribution is -0.136. The first-order chi connectivity index (χ1) is 14.9. The van der Waals surface area contributed by atoms with E-state index in [9.17, 15) is 13.2 Å². The van der Waals surface area contributed by atoms with Gasteiger partial charge in [-0.15, -0.1) is 11.3 Å². The maximum absolute atomic E-state index is 13.6. The summed E-state index contributed by atoms with van der Waals surface area (Å²) in [5.74, 6) is 0.547. The molecule has 31 heavy (non-hydrogen) atoms. The molecule has 0 N–H and O–H groups in total. The van der Waals surface area contributed by atoms with Crippen LogP contribution in [-0.2, 0) is 6.18 Å². The second-order valence-corrected chi connectivity index (χ2v) is 9.41. The zero-order valence-corrected chi connectivity index (χ0v) is 18.2. The first-order valence-corrected chi connectivity index (χ1v) is 11.6. The van der Waals surface area contributed by atoms with Gasteiger partial charge in [0.05, 0.1) is 16.0 Å². The van der Waals surface area contributed by atoms with Gasteiger partial charge in [0.15, 0.2) is 0 Å². The third-order valence-corrected chi connectivity index (χ3v) is 7.79. The molecule has 1 aliphatic rings. The zero-order chi connectivity index (χ0) is 21.6. The van der Waals surface area contributed by atoms with Gasteiger partial charge in [0.1, 0.15) is 0 Å². The molecular weight excluding hydrogens is 415 g/mol. The Labute approximate surface area is 184 Å². The third kappa shape index (κ3) is 3.59. The van der Waals surface area contributed by atoms with Crippen molar-refractivity contribution < 1.29 is 13.2 Å². The van der Waals surface area contributed by atoms with E-state index in [4.69, 9.17) is 0 Å². The van der Waals surface area contributed by atoms with Crippen LogP contribution < -0.4 is 4.90 Å². The molecule has 1 fully saturated rings. The lowest BCUT2D eigenvalue weighted by Gasteiger charge is -2.29. The van der Waals surface area contributed by atoms with Crippen molar-refractivity contribution in [2.24, 2.45) is 0 Å². The number of hydrogen-bond acceptors (Lipinski definition) is 2. The number of benzene rings is 3. The van der Waals surface area contributed by atoms with E-state index in [0.717, 1.165) is 21.5 Å². The predicted molar refractivity (Wildman–Crippen MR) is 125 cm³/mol. The van der Waals surface area contributed by atoms with Crippen LogP contribution in [-0.4, -0.2) is 7.05 Å². The summed E-state index contributed by atoms with van der Waals surface area (Å²) in [6, 6.07) is 18.9. The Hall–Kier alpha value is -2.53. The average Bonchev–Trinajstić information content (AvgIpc) is 3.17. The highest BCUT2D eigenvalue weighted by molar-refractivity contribution is 7.26. The fourth-order valence-corrected chi connectivity index (χ4v) is 6.36. The first-order valence-electron chi connectivity index (χ1n) is 10.8. The Morgan fingerprint density at radius 3 is 2.16 bits per heavy atom. The number of halogens is 3. The SMILES string of the molecule is CN(c1ccccc1C1CCCCC1)c1cccc2c1sc1c(C(F)(F)F)cccc12. The molecule has 0 aliphatic heterocycles. The molecule has 0 radical (unpaired) electrons. The topological polar surface area (TPSA) is 3.24 Å². The van der Waals surface area contributed by atoms with Crippen molar-refractivity contribution in [2.75, 3.05) is 11.9 Å². The second kappa shape index (κ2) is 7.86. The summed E-state index contributed by atoms with van der Waals surface area (Å²) in [6.07, 6.45) is 1.86. The smallest absolute Gasteiger partial charge is 0.343 e. The fourth-order valence-electron chi connectivity index (χ4n) is 4.97. The van der Waals surface area contributed by atoms with E-state index in [2.05, 4.69) is 23.1 Å². The summed E-state index contributed by atoms with van der Waals surface area (Å²) < 4.78 is 42.1. The molecule has 160 valence electrons. The monoisotopic (exact) mass is 439 g/mol. The van der Waals surface area contributed by atoms with Gasteiger partial charge in [-0.05, 0) is 42.5 Å². The average molecular weight is 440 g/mol. The molecule has 1 nitrogen and oxygen atoms in total. The summed E-state index contributed by atoms with van der Waals surface area (Å²) >= 11 is 1.24. The van der Waals surface area contributed by atoms with Crippen LogP contribution >= 0.6 is 11.3 Å². The molecule has 0 amide bonds. The minimum absolute atomic E-state index is 0.311. The van der Waals surface area contributed by atoms with Gasteiger partial charge in [0.2, 0.25) is 0 Å². The second-order valence-electron chi connectivity index (χ2n) is 8.39. The van der Waals surface area contributed by atoms with E-state index >= 15 is 0 Å². The molecule has 0 unspecified atom stereocenters. The Kier molecular flexibility index (Phi) is 5.17. The summed E-state index contributed by atoms with van der Waals surface area (Å²) in [5, 5.41) is 1.55. The van der Waals surface area contributed by atoms with E-state index in [1.165, 1.54) is 61.1 Å². The van der Waals surface area contributed by atoms with Crippen molar-refractivity contribution in [1.82, 2.24) is 0 Å². The van der Waals surface area contributed by atoms with Crippen molar-refractivity contribution in [1.29, 1.82) is 0 Å². The van der Waals surface area contributed by atoms with Gasteiger partial charge >= 0.3 is 6.18 Å². The number of fused-ring (bicyclic) bond motifs is 3. The quantitative estimate of drug-likeness (QED) is 0.308. The number of alkyl halides is 3. The Morgan fingerprint density at radius 1 is 0.774 bits per heavy atom. The molecule has 0 atom stereocenters. The van der Waals surface area contributed by atoms with Crippen LogP contribution in [0.4, 0.5) is 24.5 Å². The highest BCUT2D eigenvalue weighted by Crippen LogP contribution is 2.47. The molecule has 0 saturated heterocycles. The highest BCUT2D eigenvalue weighted by atomic mass is 32.1. The predicted octanol–water partition coefficient (Wildman–Crippen LogP) is 8.89. The number of thiophene rings is 1. The van der Waals surface area contributed by atoms with Gasteiger partial charge in [-0.1, -0.05) is 61.7 Å². The van der Waals surface area contributed by atoms with Crippen LogP contribution in [0.15, 0.2) is 60.7 Å². The first kappa shape index (κ1) is 20.4. The van der Waals surface area contributed by atoms with E-state index in [-0.39, 0.29) is 0 Å². The van der Waals surface area contributed by atoms with Gasteiger partial charge in [-0.2, -0.15) is 13.2 Å². The van der Waals surface area contributed by atoms with Crippen LogP contribution in [0.2, 0.25) is 0 Å². The van der Waals surface area contributed by atoms with Crippen molar-refractivity contribution in [2.45, 2.75) is 44.2 Å². The molecule has 5 heteroatoms. The number of anilines is 2. The van der Waals surface area contributed by atoms with Gasteiger partial charge in [0, 0.05) is 28.2 Å². The molecule has 4 aromatic rings. The van der Waals surface area contributed by atoms with Crippen LogP contribution in [0.5, 0.6) is 0 Å². The van der Waals surface area contributed by atoms with E-state index < -0.39 is 11.7 Å². The standard InChI is InChI=1S/C26H24F3NS/c1-30(22-15-6-5-11-18(22)17-9-3-2-4-10-17)23-16-8-13-20-19-12-7-14-21(26(27,28)29)24(19)31-25(20)23/h5-8,11-17H,2-4,9-10H2,1H3. The number of rotatable bonds is 3. The number of para-hydroxylation sites is 1. The van der Waals surface area contributed by atoms with Gasteiger partial charge in [0.25, 0.3) is 0 Å². The molecular formula is C26H24F3NS. The van der Waals surface area contributed by atoms with Crippen molar-refractivity contribution in [3.05, 3.63) is 71.8 Å². The van der Waals surface area contributed by atoms with Crippen molar-refractivity contribution >= 4 is 42.9 Å². The maximum atomic E-state index is 13.6. The summed E-state index contributed by atoms with van der Waals surface area (Å²) in [6.45, 7) is 0. The van der Waals surface area contributed by atoms with Crippen molar-refractivity contribution in [3.63, 3.8) is 0 Å². The lowest BCUT2D eigenvalue weighted by Crippen LogP contribution is -2.14. The molecule has 1 aromatic heterocycles.